The second kappa shape index (κ2) is 7.43. The van der Waals surface area contributed by atoms with Gasteiger partial charge in [-0.05, 0) is 39.2 Å². The van der Waals surface area contributed by atoms with Crippen molar-refractivity contribution in [3.05, 3.63) is 18.5 Å². The fourth-order valence-electron chi connectivity index (χ4n) is 2.96. The van der Waals surface area contributed by atoms with Crippen LogP contribution in [0.5, 0.6) is 0 Å². The maximum atomic E-state index is 11.8. The van der Waals surface area contributed by atoms with E-state index in [0.717, 1.165) is 32.2 Å². The van der Waals surface area contributed by atoms with E-state index in [4.69, 9.17) is 4.74 Å². The average Bonchev–Trinajstić information content (AvgIpc) is 2.92. The molecule has 5 heteroatoms. The lowest BCUT2D eigenvalue weighted by atomic mass is 9.85. The molecule has 0 amide bonds. The number of nitrogens with zero attached hydrogens (tertiary/aromatic N) is 2. The average molecular weight is 279 g/mol. The van der Waals surface area contributed by atoms with Gasteiger partial charge in [-0.3, -0.25) is 9.48 Å². The Morgan fingerprint density at radius 2 is 2.40 bits per heavy atom. The SMILES string of the molecule is CCOC(=O)C1CCCC(NC(C)Cn2cccn2)C1. The highest BCUT2D eigenvalue weighted by Crippen LogP contribution is 2.25. The van der Waals surface area contributed by atoms with Crippen LogP contribution >= 0.6 is 0 Å². The van der Waals surface area contributed by atoms with Crippen LogP contribution in [0.15, 0.2) is 18.5 Å². The van der Waals surface area contributed by atoms with Crippen molar-refractivity contribution in [1.82, 2.24) is 15.1 Å². The largest absolute Gasteiger partial charge is 0.466 e. The maximum Gasteiger partial charge on any atom is 0.308 e. The first-order chi connectivity index (χ1) is 9.69. The van der Waals surface area contributed by atoms with Gasteiger partial charge in [-0.2, -0.15) is 5.10 Å². The summed E-state index contributed by atoms with van der Waals surface area (Å²) in [4.78, 5) is 11.8. The molecule has 112 valence electrons. The van der Waals surface area contributed by atoms with E-state index >= 15 is 0 Å². The number of aromatic nitrogens is 2. The van der Waals surface area contributed by atoms with Crippen molar-refractivity contribution >= 4 is 5.97 Å². The van der Waals surface area contributed by atoms with Crippen molar-refractivity contribution in [3.8, 4) is 0 Å². The highest BCUT2D eigenvalue weighted by Gasteiger charge is 2.28. The fourth-order valence-corrected chi connectivity index (χ4v) is 2.96. The van der Waals surface area contributed by atoms with E-state index in [1.54, 1.807) is 6.20 Å². The molecule has 1 aliphatic rings. The van der Waals surface area contributed by atoms with Gasteiger partial charge >= 0.3 is 5.97 Å². The van der Waals surface area contributed by atoms with Gasteiger partial charge in [-0.25, -0.2) is 0 Å². The zero-order chi connectivity index (χ0) is 14.4. The number of nitrogens with one attached hydrogen (secondary N) is 1. The molecule has 0 aliphatic heterocycles. The normalized spacial score (nSPS) is 24.3. The van der Waals surface area contributed by atoms with Crippen molar-refractivity contribution in [2.45, 2.75) is 58.2 Å². The van der Waals surface area contributed by atoms with Crippen LogP contribution in [-0.4, -0.2) is 34.4 Å². The standard InChI is InChI=1S/C15H25N3O2/c1-3-20-15(19)13-6-4-7-14(10-13)17-12(2)11-18-9-5-8-16-18/h5,8-9,12-14,17H,3-4,6-7,10-11H2,1-2H3. The van der Waals surface area contributed by atoms with E-state index in [1.807, 2.05) is 23.9 Å². The van der Waals surface area contributed by atoms with Crippen LogP contribution in [0, 0.1) is 5.92 Å². The summed E-state index contributed by atoms with van der Waals surface area (Å²) in [7, 11) is 0. The minimum absolute atomic E-state index is 0.0290. The number of ether oxygens (including phenoxy) is 1. The molecular formula is C15H25N3O2. The van der Waals surface area contributed by atoms with E-state index in [0.29, 0.717) is 18.7 Å². The van der Waals surface area contributed by atoms with Crippen LogP contribution in [-0.2, 0) is 16.1 Å². The van der Waals surface area contributed by atoms with Crippen molar-refractivity contribution in [1.29, 1.82) is 0 Å². The quantitative estimate of drug-likeness (QED) is 0.809. The van der Waals surface area contributed by atoms with E-state index in [9.17, 15) is 4.79 Å². The molecular weight excluding hydrogens is 254 g/mol. The zero-order valence-corrected chi connectivity index (χ0v) is 12.4. The molecule has 1 N–H and O–H groups in total. The van der Waals surface area contributed by atoms with Crippen molar-refractivity contribution < 1.29 is 9.53 Å². The third kappa shape index (κ3) is 4.34. The Morgan fingerprint density at radius 1 is 1.55 bits per heavy atom. The lowest BCUT2D eigenvalue weighted by Gasteiger charge is -2.30. The first-order valence-electron chi connectivity index (χ1n) is 7.59. The van der Waals surface area contributed by atoms with Gasteiger partial charge in [0.2, 0.25) is 0 Å². The molecule has 0 spiro atoms. The number of hydrogen-bond donors (Lipinski definition) is 1. The summed E-state index contributed by atoms with van der Waals surface area (Å²) in [5, 5.41) is 7.83. The Balaban J connectivity index is 1.78. The van der Waals surface area contributed by atoms with Gasteiger partial charge in [0.25, 0.3) is 0 Å². The number of rotatable bonds is 6. The molecule has 1 heterocycles. The highest BCUT2D eigenvalue weighted by atomic mass is 16.5. The summed E-state index contributed by atoms with van der Waals surface area (Å²) in [6.07, 6.45) is 7.85. The van der Waals surface area contributed by atoms with Crippen LogP contribution < -0.4 is 5.32 Å². The Hall–Kier alpha value is -1.36. The van der Waals surface area contributed by atoms with Gasteiger partial charge in [-0.15, -0.1) is 0 Å². The predicted octanol–water partition coefficient (Wildman–Crippen LogP) is 1.98. The van der Waals surface area contributed by atoms with E-state index in [-0.39, 0.29) is 11.9 Å². The first kappa shape index (κ1) is 15.0. The van der Waals surface area contributed by atoms with Gasteiger partial charge < -0.3 is 10.1 Å². The van der Waals surface area contributed by atoms with Crippen molar-refractivity contribution in [2.24, 2.45) is 5.92 Å². The smallest absolute Gasteiger partial charge is 0.308 e. The minimum atomic E-state index is -0.0290. The Morgan fingerprint density at radius 3 is 3.10 bits per heavy atom. The predicted molar refractivity (Wildman–Crippen MR) is 77.2 cm³/mol. The molecule has 20 heavy (non-hydrogen) atoms. The zero-order valence-electron chi connectivity index (χ0n) is 12.4. The number of carbonyl (C=O) groups excluding carboxylic acids is 1. The summed E-state index contributed by atoms with van der Waals surface area (Å²) in [5.41, 5.74) is 0. The van der Waals surface area contributed by atoms with Gasteiger partial charge in [0.1, 0.15) is 0 Å². The van der Waals surface area contributed by atoms with Crippen LogP contribution in [0.4, 0.5) is 0 Å². The Labute approximate surface area is 120 Å². The summed E-state index contributed by atoms with van der Waals surface area (Å²) in [5.74, 6) is 0.0387. The van der Waals surface area contributed by atoms with Crippen LogP contribution in [0.25, 0.3) is 0 Å². The molecule has 3 unspecified atom stereocenters. The molecule has 1 saturated carbocycles. The summed E-state index contributed by atoms with van der Waals surface area (Å²) in [6.45, 7) is 5.36. The molecule has 3 atom stereocenters. The molecule has 0 aromatic carbocycles. The number of hydrogen-bond acceptors (Lipinski definition) is 4. The molecule has 1 aromatic heterocycles. The summed E-state index contributed by atoms with van der Waals surface area (Å²) >= 11 is 0. The molecule has 0 radical (unpaired) electrons. The van der Waals surface area contributed by atoms with Crippen molar-refractivity contribution in [3.63, 3.8) is 0 Å². The minimum Gasteiger partial charge on any atom is -0.466 e. The van der Waals surface area contributed by atoms with Crippen molar-refractivity contribution in [2.75, 3.05) is 6.61 Å². The van der Waals surface area contributed by atoms with E-state index in [2.05, 4.69) is 17.3 Å². The Kier molecular flexibility index (Phi) is 5.59. The van der Waals surface area contributed by atoms with E-state index < -0.39 is 0 Å². The third-order valence-corrected chi connectivity index (χ3v) is 3.83. The second-order valence-electron chi connectivity index (χ2n) is 5.61. The molecule has 2 rings (SSSR count). The number of carbonyl (C=O) groups is 1. The molecule has 1 aliphatic carbocycles. The highest BCUT2D eigenvalue weighted by molar-refractivity contribution is 5.72. The van der Waals surface area contributed by atoms with Gasteiger partial charge in [0.05, 0.1) is 19.1 Å². The third-order valence-electron chi connectivity index (χ3n) is 3.83. The van der Waals surface area contributed by atoms with Crippen LogP contribution in [0.1, 0.15) is 39.5 Å². The topological polar surface area (TPSA) is 56.1 Å². The van der Waals surface area contributed by atoms with Crippen LogP contribution in [0.2, 0.25) is 0 Å². The fraction of sp³-hybridized carbons (Fsp3) is 0.733. The Bertz CT molecular complexity index is 405. The molecule has 0 saturated heterocycles. The van der Waals surface area contributed by atoms with E-state index in [1.165, 1.54) is 0 Å². The van der Waals surface area contributed by atoms with Crippen LogP contribution in [0.3, 0.4) is 0 Å². The lowest BCUT2D eigenvalue weighted by molar-refractivity contribution is -0.149. The summed E-state index contributed by atoms with van der Waals surface area (Å²) in [6, 6.07) is 2.69. The van der Waals surface area contributed by atoms with Gasteiger partial charge in [-0.1, -0.05) is 6.42 Å². The maximum absolute atomic E-state index is 11.8. The summed E-state index contributed by atoms with van der Waals surface area (Å²) < 4.78 is 7.07. The monoisotopic (exact) mass is 279 g/mol. The number of esters is 1. The first-order valence-corrected chi connectivity index (χ1v) is 7.59. The van der Waals surface area contributed by atoms with Gasteiger partial charge in [0.15, 0.2) is 0 Å². The second-order valence-corrected chi connectivity index (χ2v) is 5.61. The lowest BCUT2D eigenvalue weighted by Crippen LogP contribution is -2.43. The molecule has 1 fully saturated rings. The van der Waals surface area contributed by atoms with Gasteiger partial charge in [0, 0.05) is 24.5 Å². The molecule has 0 bridgehead atoms. The molecule has 1 aromatic rings. The molecule has 5 nitrogen and oxygen atoms in total.